The van der Waals surface area contributed by atoms with Gasteiger partial charge in [0, 0.05) is 6.20 Å². The van der Waals surface area contributed by atoms with Crippen molar-refractivity contribution in [2.75, 3.05) is 6.61 Å². The van der Waals surface area contributed by atoms with Gasteiger partial charge in [0.1, 0.15) is 0 Å². The second-order valence-corrected chi connectivity index (χ2v) is 3.43. The third kappa shape index (κ3) is 1.37. The molecule has 0 aliphatic carbocycles. The number of aliphatic hydroxyl groups is 1. The zero-order chi connectivity index (χ0) is 10.1. The molecule has 0 saturated heterocycles. The van der Waals surface area contributed by atoms with Gasteiger partial charge in [-0.15, -0.1) is 0 Å². The van der Waals surface area contributed by atoms with E-state index in [0.29, 0.717) is 10.7 Å². The highest BCUT2D eigenvalue weighted by atomic mass is 35.5. The summed E-state index contributed by atoms with van der Waals surface area (Å²) in [6.45, 7) is -0.111. The van der Waals surface area contributed by atoms with Gasteiger partial charge >= 0.3 is 0 Å². The van der Waals surface area contributed by atoms with Crippen LogP contribution in [0.1, 0.15) is 11.7 Å². The molecule has 0 spiro atoms. The number of nitrogens with two attached hydrogens (primary N) is 1. The van der Waals surface area contributed by atoms with Gasteiger partial charge in [-0.25, -0.2) is 4.98 Å². The highest BCUT2D eigenvalue weighted by Gasteiger charge is 2.11. The first-order chi connectivity index (χ1) is 6.74. The number of hydrogen-bond donors (Lipinski definition) is 2. The molecule has 3 N–H and O–H groups in total. The van der Waals surface area contributed by atoms with Crippen LogP contribution in [0.4, 0.5) is 0 Å². The molecule has 5 heteroatoms. The minimum Gasteiger partial charge on any atom is -0.394 e. The van der Waals surface area contributed by atoms with Gasteiger partial charge < -0.3 is 15.2 Å². The number of rotatable bonds is 2. The van der Waals surface area contributed by atoms with Gasteiger partial charge in [0.25, 0.3) is 0 Å². The number of nitrogens with zero attached hydrogens (tertiary/aromatic N) is 2. The number of aliphatic hydroxyl groups excluding tert-OH is 1. The lowest BCUT2D eigenvalue weighted by atomic mass is 10.2. The molecule has 2 heterocycles. The van der Waals surface area contributed by atoms with Crippen molar-refractivity contribution in [1.82, 2.24) is 9.38 Å². The Labute approximate surface area is 85.9 Å². The van der Waals surface area contributed by atoms with Crippen LogP contribution in [0.2, 0.25) is 5.02 Å². The second kappa shape index (κ2) is 3.57. The Balaban J connectivity index is 2.63. The van der Waals surface area contributed by atoms with E-state index in [1.165, 1.54) is 0 Å². The largest absolute Gasteiger partial charge is 0.394 e. The minimum atomic E-state index is -0.427. The van der Waals surface area contributed by atoms with Crippen LogP contribution in [0.25, 0.3) is 5.65 Å². The molecule has 0 saturated carbocycles. The molecule has 0 aliphatic heterocycles. The number of fused-ring (bicyclic) bond motifs is 1. The average molecular weight is 212 g/mol. The van der Waals surface area contributed by atoms with Crippen LogP contribution < -0.4 is 5.73 Å². The first kappa shape index (κ1) is 9.45. The summed E-state index contributed by atoms with van der Waals surface area (Å²) in [5.41, 5.74) is 7.12. The topological polar surface area (TPSA) is 63.5 Å². The van der Waals surface area contributed by atoms with Crippen LogP contribution in [-0.4, -0.2) is 21.1 Å². The van der Waals surface area contributed by atoms with Gasteiger partial charge in [0.2, 0.25) is 0 Å². The summed E-state index contributed by atoms with van der Waals surface area (Å²) in [6, 6.07) is 3.14. The first-order valence-corrected chi connectivity index (χ1v) is 4.59. The fourth-order valence-corrected chi connectivity index (χ4v) is 1.58. The van der Waals surface area contributed by atoms with E-state index in [-0.39, 0.29) is 6.61 Å². The van der Waals surface area contributed by atoms with Crippen molar-refractivity contribution in [3.05, 3.63) is 35.2 Å². The molecule has 0 aliphatic rings. The molecule has 0 fully saturated rings. The molecule has 14 heavy (non-hydrogen) atoms. The summed E-state index contributed by atoms with van der Waals surface area (Å²) in [6.07, 6.45) is 3.45. The van der Waals surface area contributed by atoms with Crippen molar-refractivity contribution in [1.29, 1.82) is 0 Å². The highest BCUT2D eigenvalue weighted by molar-refractivity contribution is 6.33. The number of hydrogen-bond acceptors (Lipinski definition) is 3. The lowest BCUT2D eigenvalue weighted by Crippen LogP contribution is -2.16. The Kier molecular flexibility index (Phi) is 2.41. The fraction of sp³-hybridized carbons (Fsp3) is 0.222. The van der Waals surface area contributed by atoms with E-state index in [9.17, 15) is 0 Å². The molecule has 0 aromatic carbocycles. The maximum Gasteiger partial charge on any atom is 0.155 e. The Hall–Kier alpha value is -1.10. The molecule has 0 amide bonds. The molecular formula is C9H10ClN3O. The number of pyridine rings is 1. The van der Waals surface area contributed by atoms with Crippen molar-refractivity contribution in [3.8, 4) is 0 Å². The number of aromatic nitrogens is 2. The van der Waals surface area contributed by atoms with E-state index in [4.69, 9.17) is 22.4 Å². The average Bonchev–Trinajstić information content (AvgIpc) is 2.62. The zero-order valence-corrected chi connectivity index (χ0v) is 8.15. The maximum absolute atomic E-state index is 8.94. The Morgan fingerprint density at radius 1 is 1.64 bits per heavy atom. The van der Waals surface area contributed by atoms with Crippen LogP contribution in [0, 0.1) is 0 Å². The molecule has 2 aromatic rings. The van der Waals surface area contributed by atoms with E-state index in [0.717, 1.165) is 5.69 Å². The van der Waals surface area contributed by atoms with E-state index >= 15 is 0 Å². The summed E-state index contributed by atoms with van der Waals surface area (Å²) >= 11 is 5.93. The molecule has 1 atom stereocenters. The Morgan fingerprint density at radius 3 is 3.14 bits per heavy atom. The summed E-state index contributed by atoms with van der Waals surface area (Å²) in [5, 5.41) is 9.51. The SMILES string of the molecule is NC(CO)c1cnc2c(Cl)cccn12. The zero-order valence-electron chi connectivity index (χ0n) is 7.39. The lowest BCUT2D eigenvalue weighted by molar-refractivity contribution is 0.265. The van der Waals surface area contributed by atoms with Crippen LogP contribution in [-0.2, 0) is 0 Å². The quantitative estimate of drug-likeness (QED) is 0.779. The van der Waals surface area contributed by atoms with Crippen molar-refractivity contribution in [2.24, 2.45) is 5.73 Å². The fourth-order valence-electron chi connectivity index (χ4n) is 1.36. The minimum absolute atomic E-state index is 0.111. The third-order valence-electron chi connectivity index (χ3n) is 2.09. The van der Waals surface area contributed by atoms with Gasteiger partial charge in [0.15, 0.2) is 5.65 Å². The molecule has 2 rings (SSSR count). The predicted molar refractivity (Wildman–Crippen MR) is 54.2 cm³/mol. The third-order valence-corrected chi connectivity index (χ3v) is 2.39. The monoisotopic (exact) mass is 211 g/mol. The normalized spacial score (nSPS) is 13.4. The molecule has 74 valence electrons. The van der Waals surface area contributed by atoms with Crippen LogP contribution in [0.5, 0.6) is 0 Å². The van der Waals surface area contributed by atoms with Gasteiger partial charge in [-0.2, -0.15) is 0 Å². The molecule has 0 bridgehead atoms. The van der Waals surface area contributed by atoms with Gasteiger partial charge in [0.05, 0.1) is 29.6 Å². The molecule has 4 nitrogen and oxygen atoms in total. The Morgan fingerprint density at radius 2 is 2.43 bits per heavy atom. The van der Waals surface area contributed by atoms with E-state index in [2.05, 4.69) is 4.98 Å². The summed E-state index contributed by atoms with van der Waals surface area (Å²) in [4.78, 5) is 4.13. The van der Waals surface area contributed by atoms with Gasteiger partial charge in [-0.3, -0.25) is 0 Å². The predicted octanol–water partition coefficient (Wildman–Crippen LogP) is 0.980. The molecule has 0 radical (unpaired) electrons. The number of imidazole rings is 1. The molecular weight excluding hydrogens is 202 g/mol. The second-order valence-electron chi connectivity index (χ2n) is 3.02. The van der Waals surface area contributed by atoms with Crippen molar-refractivity contribution in [2.45, 2.75) is 6.04 Å². The van der Waals surface area contributed by atoms with Crippen LogP contribution in [0.15, 0.2) is 24.5 Å². The Bertz CT molecular complexity index is 454. The molecule has 1 unspecified atom stereocenters. The van der Waals surface area contributed by atoms with E-state index in [1.807, 2.05) is 12.3 Å². The smallest absolute Gasteiger partial charge is 0.155 e. The number of halogens is 1. The summed E-state index contributed by atoms with van der Waals surface area (Å²) in [5.74, 6) is 0. The van der Waals surface area contributed by atoms with Gasteiger partial charge in [-0.1, -0.05) is 11.6 Å². The van der Waals surface area contributed by atoms with Crippen LogP contribution in [0.3, 0.4) is 0 Å². The lowest BCUT2D eigenvalue weighted by Gasteiger charge is -2.07. The van der Waals surface area contributed by atoms with Crippen molar-refractivity contribution >= 4 is 17.2 Å². The maximum atomic E-state index is 8.94. The highest BCUT2D eigenvalue weighted by Crippen LogP contribution is 2.19. The molecule has 2 aromatic heterocycles. The summed E-state index contributed by atoms with van der Waals surface area (Å²) in [7, 11) is 0. The standard InChI is InChI=1S/C9H10ClN3O/c10-6-2-1-3-13-8(7(11)5-14)4-12-9(6)13/h1-4,7,14H,5,11H2. The van der Waals surface area contributed by atoms with E-state index in [1.54, 1.807) is 16.7 Å². The first-order valence-electron chi connectivity index (χ1n) is 4.22. The van der Waals surface area contributed by atoms with Crippen molar-refractivity contribution < 1.29 is 5.11 Å². The van der Waals surface area contributed by atoms with Crippen LogP contribution >= 0.6 is 11.6 Å². The van der Waals surface area contributed by atoms with E-state index < -0.39 is 6.04 Å². The van der Waals surface area contributed by atoms with Gasteiger partial charge in [-0.05, 0) is 12.1 Å². The summed E-state index contributed by atoms with van der Waals surface area (Å²) < 4.78 is 1.78. The van der Waals surface area contributed by atoms with Crippen molar-refractivity contribution in [3.63, 3.8) is 0 Å².